The molecule has 0 spiro atoms. The third kappa shape index (κ3) is 3.32. The van der Waals surface area contributed by atoms with Crippen LogP contribution in [0.4, 0.5) is 0 Å². The lowest BCUT2D eigenvalue weighted by atomic mass is 10.3. The summed E-state index contributed by atoms with van der Waals surface area (Å²) in [6.45, 7) is 4.92. The molecule has 0 saturated carbocycles. The van der Waals surface area contributed by atoms with Gasteiger partial charge in [-0.2, -0.15) is 0 Å². The highest BCUT2D eigenvalue weighted by Crippen LogP contribution is 1.99. The van der Waals surface area contributed by atoms with Crippen molar-refractivity contribution in [3.63, 3.8) is 0 Å². The molecule has 1 heterocycles. The molecule has 1 N–H and O–H groups in total. The normalized spacial score (nSPS) is 19.5. The summed E-state index contributed by atoms with van der Waals surface area (Å²) in [7, 11) is 6.14. The van der Waals surface area contributed by atoms with Crippen LogP contribution in [0.5, 0.6) is 0 Å². The average Bonchev–Trinajstić information content (AvgIpc) is 2.04. The maximum Gasteiger partial charge on any atom is 0.110 e. The van der Waals surface area contributed by atoms with Gasteiger partial charge in [-0.05, 0) is 21.1 Å². The van der Waals surface area contributed by atoms with E-state index in [9.17, 15) is 0 Å². The fourth-order valence-corrected chi connectivity index (χ4v) is 1.48. The summed E-state index contributed by atoms with van der Waals surface area (Å²) in [5.41, 5.74) is 0. The Morgan fingerprint density at radius 2 is 1.77 bits per heavy atom. The molecule has 13 heavy (non-hydrogen) atoms. The Bertz CT molecular complexity index is 170. The van der Waals surface area contributed by atoms with Gasteiger partial charge in [-0.1, -0.05) is 0 Å². The highest BCUT2D eigenvalue weighted by molar-refractivity contribution is 5.81. The Balaban J connectivity index is 2.31. The summed E-state index contributed by atoms with van der Waals surface area (Å²) >= 11 is 0. The lowest BCUT2D eigenvalue weighted by Gasteiger charge is -2.34. The molecule has 0 bridgehead atoms. The second-order valence-electron chi connectivity index (χ2n) is 3.97. The first kappa shape index (κ1) is 10.5. The SMILES string of the molecule is CN(C)CC(=N)N1CCN(C)CC1. The fourth-order valence-electron chi connectivity index (χ4n) is 1.48. The van der Waals surface area contributed by atoms with Crippen molar-refractivity contribution in [3.8, 4) is 0 Å². The number of amidine groups is 1. The van der Waals surface area contributed by atoms with Crippen LogP contribution in [0.1, 0.15) is 0 Å². The molecule has 4 heteroatoms. The summed E-state index contributed by atoms with van der Waals surface area (Å²) in [5.74, 6) is 0.748. The molecule has 0 aromatic rings. The quantitative estimate of drug-likeness (QED) is 0.475. The number of piperazine rings is 1. The Morgan fingerprint density at radius 1 is 1.23 bits per heavy atom. The van der Waals surface area contributed by atoms with E-state index < -0.39 is 0 Å². The van der Waals surface area contributed by atoms with E-state index in [0.717, 1.165) is 38.6 Å². The minimum absolute atomic E-state index is 0.748. The number of nitrogens with zero attached hydrogens (tertiary/aromatic N) is 3. The van der Waals surface area contributed by atoms with Crippen molar-refractivity contribution in [3.05, 3.63) is 0 Å². The van der Waals surface area contributed by atoms with Gasteiger partial charge in [0.05, 0.1) is 6.54 Å². The number of likely N-dealkylation sites (N-methyl/N-ethyl adjacent to an activating group) is 2. The second-order valence-corrected chi connectivity index (χ2v) is 3.97. The van der Waals surface area contributed by atoms with E-state index in [1.807, 2.05) is 19.0 Å². The third-order valence-corrected chi connectivity index (χ3v) is 2.35. The van der Waals surface area contributed by atoms with Crippen molar-refractivity contribution in [1.29, 1.82) is 5.41 Å². The van der Waals surface area contributed by atoms with Gasteiger partial charge in [-0.3, -0.25) is 5.41 Å². The molecule has 0 amide bonds. The van der Waals surface area contributed by atoms with Gasteiger partial charge in [-0.25, -0.2) is 0 Å². The first-order valence-electron chi connectivity index (χ1n) is 4.75. The predicted molar refractivity (Wildman–Crippen MR) is 55.4 cm³/mol. The van der Waals surface area contributed by atoms with Crippen LogP contribution in [-0.2, 0) is 0 Å². The first-order valence-corrected chi connectivity index (χ1v) is 4.75. The topological polar surface area (TPSA) is 33.6 Å². The van der Waals surface area contributed by atoms with E-state index in [1.54, 1.807) is 0 Å². The van der Waals surface area contributed by atoms with Gasteiger partial charge in [0.25, 0.3) is 0 Å². The number of hydrogen-bond donors (Lipinski definition) is 1. The minimum atomic E-state index is 0.748. The Morgan fingerprint density at radius 3 is 2.23 bits per heavy atom. The van der Waals surface area contributed by atoms with Crippen LogP contribution < -0.4 is 0 Å². The third-order valence-electron chi connectivity index (χ3n) is 2.35. The monoisotopic (exact) mass is 184 g/mol. The molecule has 1 aliphatic heterocycles. The number of rotatable bonds is 2. The van der Waals surface area contributed by atoms with Crippen LogP contribution in [-0.4, -0.2) is 74.4 Å². The van der Waals surface area contributed by atoms with Gasteiger partial charge in [0, 0.05) is 26.2 Å². The van der Waals surface area contributed by atoms with E-state index >= 15 is 0 Å². The Hall–Kier alpha value is -0.610. The van der Waals surface area contributed by atoms with Gasteiger partial charge in [-0.15, -0.1) is 0 Å². The summed E-state index contributed by atoms with van der Waals surface area (Å²) in [5, 5.41) is 7.85. The molecule has 1 rings (SSSR count). The van der Waals surface area contributed by atoms with Crippen LogP contribution in [0.3, 0.4) is 0 Å². The Labute approximate surface area is 80.6 Å². The largest absolute Gasteiger partial charge is 0.357 e. The zero-order valence-electron chi connectivity index (χ0n) is 8.88. The number of hydrogen-bond acceptors (Lipinski definition) is 3. The summed E-state index contributed by atoms with van der Waals surface area (Å²) in [4.78, 5) is 6.51. The van der Waals surface area contributed by atoms with Crippen LogP contribution in [0.15, 0.2) is 0 Å². The lowest BCUT2D eigenvalue weighted by molar-refractivity contribution is 0.210. The van der Waals surface area contributed by atoms with Crippen LogP contribution in [0, 0.1) is 5.41 Å². The molecule has 0 atom stereocenters. The number of nitrogens with one attached hydrogen (secondary N) is 1. The lowest BCUT2D eigenvalue weighted by Crippen LogP contribution is -2.49. The molecule has 1 fully saturated rings. The Kier molecular flexibility index (Phi) is 3.69. The van der Waals surface area contributed by atoms with Gasteiger partial charge in [0.1, 0.15) is 5.84 Å². The maximum absolute atomic E-state index is 7.85. The van der Waals surface area contributed by atoms with Crippen molar-refractivity contribution in [2.75, 3.05) is 53.9 Å². The molecule has 76 valence electrons. The van der Waals surface area contributed by atoms with E-state index in [4.69, 9.17) is 5.41 Å². The molecule has 0 aliphatic carbocycles. The van der Waals surface area contributed by atoms with E-state index in [1.165, 1.54) is 0 Å². The zero-order valence-corrected chi connectivity index (χ0v) is 8.88. The molecule has 0 aromatic carbocycles. The highest BCUT2D eigenvalue weighted by Gasteiger charge is 2.16. The summed E-state index contributed by atoms with van der Waals surface area (Å²) in [6, 6.07) is 0. The van der Waals surface area contributed by atoms with E-state index in [0.29, 0.717) is 0 Å². The predicted octanol–water partition coefficient (Wildman–Crippen LogP) is -0.227. The van der Waals surface area contributed by atoms with Crippen molar-refractivity contribution in [2.45, 2.75) is 0 Å². The van der Waals surface area contributed by atoms with Crippen molar-refractivity contribution in [1.82, 2.24) is 14.7 Å². The molecule has 0 aromatic heterocycles. The molecule has 4 nitrogen and oxygen atoms in total. The molecule has 0 unspecified atom stereocenters. The first-order chi connectivity index (χ1) is 6.09. The van der Waals surface area contributed by atoms with E-state index in [2.05, 4.69) is 16.8 Å². The van der Waals surface area contributed by atoms with Gasteiger partial charge >= 0.3 is 0 Å². The van der Waals surface area contributed by atoms with Crippen LogP contribution in [0.2, 0.25) is 0 Å². The summed E-state index contributed by atoms with van der Waals surface area (Å²) < 4.78 is 0. The molecule has 1 aliphatic rings. The minimum Gasteiger partial charge on any atom is -0.357 e. The van der Waals surface area contributed by atoms with E-state index in [-0.39, 0.29) is 0 Å². The molecule has 0 radical (unpaired) electrons. The van der Waals surface area contributed by atoms with Crippen molar-refractivity contribution >= 4 is 5.84 Å². The van der Waals surface area contributed by atoms with Crippen molar-refractivity contribution < 1.29 is 0 Å². The van der Waals surface area contributed by atoms with Gasteiger partial charge < -0.3 is 14.7 Å². The maximum atomic E-state index is 7.85. The molecular weight excluding hydrogens is 164 g/mol. The smallest absolute Gasteiger partial charge is 0.110 e. The van der Waals surface area contributed by atoms with Gasteiger partial charge in [0.2, 0.25) is 0 Å². The molecular formula is C9H20N4. The van der Waals surface area contributed by atoms with Crippen LogP contribution >= 0.6 is 0 Å². The zero-order chi connectivity index (χ0) is 9.84. The second kappa shape index (κ2) is 4.58. The van der Waals surface area contributed by atoms with Crippen LogP contribution in [0.25, 0.3) is 0 Å². The standard InChI is InChI=1S/C9H20N4/c1-11(2)8-9(10)13-6-4-12(3)5-7-13/h10H,4-8H2,1-3H3. The average molecular weight is 184 g/mol. The highest BCUT2D eigenvalue weighted by atomic mass is 15.3. The summed E-state index contributed by atoms with van der Waals surface area (Å²) in [6.07, 6.45) is 0. The van der Waals surface area contributed by atoms with Gasteiger partial charge in [0.15, 0.2) is 0 Å². The molecule has 1 saturated heterocycles. The van der Waals surface area contributed by atoms with Crippen molar-refractivity contribution in [2.24, 2.45) is 0 Å². The fraction of sp³-hybridized carbons (Fsp3) is 0.889.